The molecule has 1 rings (SSSR count). The zero-order valence-corrected chi connectivity index (χ0v) is 9.27. The molecule has 1 N–H and O–H groups in total. The quantitative estimate of drug-likeness (QED) is 0.772. The molecule has 13 heavy (non-hydrogen) atoms. The summed E-state index contributed by atoms with van der Waals surface area (Å²) in [5, 5.41) is 5.27. The minimum atomic E-state index is 0.548. The largest absolute Gasteiger partial charge is 0.318 e. The van der Waals surface area contributed by atoms with Crippen molar-refractivity contribution in [3.63, 3.8) is 0 Å². The van der Waals surface area contributed by atoms with Gasteiger partial charge in [0.2, 0.25) is 0 Å². The molecule has 0 amide bonds. The minimum absolute atomic E-state index is 0.548. The molecule has 0 spiro atoms. The Balaban J connectivity index is 2.36. The van der Waals surface area contributed by atoms with Gasteiger partial charge in [-0.2, -0.15) is 0 Å². The highest BCUT2D eigenvalue weighted by Gasteiger charge is 2.08. The van der Waals surface area contributed by atoms with Crippen LogP contribution in [0.2, 0.25) is 0 Å². The van der Waals surface area contributed by atoms with Gasteiger partial charge < -0.3 is 5.32 Å². The molecule has 3 nitrogen and oxygen atoms in total. The number of rotatable bonds is 5. The van der Waals surface area contributed by atoms with Crippen molar-refractivity contribution in [3.8, 4) is 0 Å². The molecule has 0 aliphatic rings. The first kappa shape index (κ1) is 10.6. The molecule has 1 unspecified atom stereocenters. The lowest BCUT2D eigenvalue weighted by atomic mass is 10.3. The Morgan fingerprint density at radius 1 is 1.69 bits per heavy atom. The van der Waals surface area contributed by atoms with Crippen LogP contribution in [0.25, 0.3) is 0 Å². The molecule has 0 fully saturated rings. The summed E-state index contributed by atoms with van der Waals surface area (Å²) < 4.78 is 0. The molecular formula is C9H17N3S. The van der Waals surface area contributed by atoms with Crippen molar-refractivity contribution in [2.24, 2.45) is 0 Å². The Bertz CT molecular complexity index is 223. The molecule has 0 radical (unpaired) electrons. The number of likely N-dealkylation sites (N-methyl/N-ethyl adjacent to an activating group) is 2. The van der Waals surface area contributed by atoms with Crippen LogP contribution in [-0.4, -0.2) is 36.6 Å². The van der Waals surface area contributed by atoms with Crippen molar-refractivity contribution in [2.75, 3.05) is 20.6 Å². The smallest absolute Gasteiger partial charge is 0.0795 e. The molecule has 0 saturated carbocycles. The lowest BCUT2D eigenvalue weighted by Crippen LogP contribution is -2.36. The highest BCUT2D eigenvalue weighted by molar-refractivity contribution is 7.07. The Morgan fingerprint density at radius 2 is 2.46 bits per heavy atom. The van der Waals surface area contributed by atoms with E-state index in [2.05, 4.69) is 34.6 Å². The second-order valence-corrected chi connectivity index (χ2v) is 4.02. The van der Waals surface area contributed by atoms with Gasteiger partial charge in [-0.3, -0.25) is 4.90 Å². The monoisotopic (exact) mass is 199 g/mol. The first-order valence-electron chi connectivity index (χ1n) is 4.46. The van der Waals surface area contributed by atoms with Crippen LogP contribution in [0.15, 0.2) is 10.9 Å². The molecule has 0 saturated heterocycles. The fraction of sp³-hybridized carbons (Fsp3) is 0.667. The summed E-state index contributed by atoms with van der Waals surface area (Å²) in [5.74, 6) is 0. The standard InChI is InChI=1S/C9H17N3S/c1-8(4-10-2)12(3)5-9-6-13-7-11-9/h6-8,10H,4-5H2,1-3H3. The average molecular weight is 199 g/mol. The van der Waals surface area contributed by atoms with Gasteiger partial charge in [0.05, 0.1) is 11.2 Å². The number of hydrogen-bond donors (Lipinski definition) is 1. The molecule has 0 aliphatic carbocycles. The van der Waals surface area contributed by atoms with Crippen LogP contribution in [0.1, 0.15) is 12.6 Å². The van der Waals surface area contributed by atoms with Crippen LogP contribution < -0.4 is 5.32 Å². The van der Waals surface area contributed by atoms with Gasteiger partial charge in [-0.15, -0.1) is 11.3 Å². The molecule has 0 aliphatic heterocycles. The highest BCUT2D eigenvalue weighted by Crippen LogP contribution is 2.06. The predicted molar refractivity (Wildman–Crippen MR) is 57.0 cm³/mol. The maximum absolute atomic E-state index is 4.26. The Hall–Kier alpha value is -0.450. The molecule has 0 aromatic carbocycles. The van der Waals surface area contributed by atoms with Gasteiger partial charge in [-0.05, 0) is 21.0 Å². The maximum atomic E-state index is 4.26. The summed E-state index contributed by atoms with van der Waals surface area (Å²) in [7, 11) is 4.11. The fourth-order valence-corrected chi connectivity index (χ4v) is 1.73. The van der Waals surface area contributed by atoms with E-state index >= 15 is 0 Å². The number of nitrogens with one attached hydrogen (secondary N) is 1. The van der Waals surface area contributed by atoms with Crippen LogP contribution in [-0.2, 0) is 6.54 Å². The molecule has 0 bridgehead atoms. The molecule has 1 aromatic heterocycles. The van der Waals surface area contributed by atoms with Crippen LogP contribution in [0.4, 0.5) is 0 Å². The molecular weight excluding hydrogens is 182 g/mol. The minimum Gasteiger partial charge on any atom is -0.318 e. The van der Waals surface area contributed by atoms with Gasteiger partial charge in [-0.1, -0.05) is 0 Å². The van der Waals surface area contributed by atoms with Crippen molar-refractivity contribution in [3.05, 3.63) is 16.6 Å². The molecule has 1 atom stereocenters. The number of aromatic nitrogens is 1. The van der Waals surface area contributed by atoms with Crippen molar-refractivity contribution in [1.29, 1.82) is 0 Å². The van der Waals surface area contributed by atoms with Crippen LogP contribution in [0.5, 0.6) is 0 Å². The predicted octanol–water partition coefficient (Wildman–Crippen LogP) is 1.18. The maximum Gasteiger partial charge on any atom is 0.0795 e. The first-order chi connectivity index (χ1) is 6.24. The third kappa shape index (κ3) is 3.42. The van der Waals surface area contributed by atoms with E-state index in [0.717, 1.165) is 18.8 Å². The normalized spacial score (nSPS) is 13.5. The Kier molecular flexibility index (Phi) is 4.35. The van der Waals surface area contributed by atoms with E-state index in [1.165, 1.54) is 0 Å². The molecule has 1 aromatic rings. The summed E-state index contributed by atoms with van der Waals surface area (Å²) in [5.41, 5.74) is 3.04. The van der Waals surface area contributed by atoms with Gasteiger partial charge in [0.25, 0.3) is 0 Å². The Morgan fingerprint density at radius 3 is 3.00 bits per heavy atom. The zero-order chi connectivity index (χ0) is 9.68. The number of nitrogens with zero attached hydrogens (tertiary/aromatic N) is 2. The summed E-state index contributed by atoms with van der Waals surface area (Å²) in [4.78, 5) is 6.55. The average Bonchev–Trinajstić information content (AvgIpc) is 2.57. The van der Waals surface area contributed by atoms with Gasteiger partial charge in [-0.25, -0.2) is 4.98 Å². The van der Waals surface area contributed by atoms with Gasteiger partial charge >= 0.3 is 0 Å². The van der Waals surface area contributed by atoms with Crippen molar-refractivity contribution < 1.29 is 0 Å². The summed E-state index contributed by atoms with van der Waals surface area (Å²) in [6.45, 7) is 4.16. The van der Waals surface area contributed by atoms with E-state index in [4.69, 9.17) is 0 Å². The van der Waals surface area contributed by atoms with E-state index < -0.39 is 0 Å². The second kappa shape index (κ2) is 5.32. The lowest BCUT2D eigenvalue weighted by molar-refractivity contribution is 0.244. The van der Waals surface area contributed by atoms with Gasteiger partial charge in [0, 0.05) is 24.5 Å². The van der Waals surface area contributed by atoms with Gasteiger partial charge in [0.1, 0.15) is 0 Å². The van der Waals surface area contributed by atoms with E-state index in [1.54, 1.807) is 11.3 Å². The summed E-state index contributed by atoms with van der Waals surface area (Å²) >= 11 is 1.65. The zero-order valence-electron chi connectivity index (χ0n) is 8.45. The number of thiazole rings is 1. The van der Waals surface area contributed by atoms with Gasteiger partial charge in [0.15, 0.2) is 0 Å². The number of hydrogen-bond acceptors (Lipinski definition) is 4. The van der Waals surface area contributed by atoms with E-state index in [0.29, 0.717) is 6.04 Å². The van der Waals surface area contributed by atoms with Crippen molar-refractivity contribution in [1.82, 2.24) is 15.2 Å². The fourth-order valence-electron chi connectivity index (χ4n) is 1.18. The Labute approximate surface area is 83.8 Å². The third-order valence-electron chi connectivity index (χ3n) is 2.15. The topological polar surface area (TPSA) is 28.2 Å². The van der Waals surface area contributed by atoms with Crippen molar-refractivity contribution >= 4 is 11.3 Å². The molecule has 4 heteroatoms. The van der Waals surface area contributed by atoms with Crippen molar-refractivity contribution in [2.45, 2.75) is 19.5 Å². The van der Waals surface area contributed by atoms with E-state index in [9.17, 15) is 0 Å². The van der Waals surface area contributed by atoms with Crippen LogP contribution >= 0.6 is 11.3 Å². The highest BCUT2D eigenvalue weighted by atomic mass is 32.1. The lowest BCUT2D eigenvalue weighted by Gasteiger charge is -2.23. The van der Waals surface area contributed by atoms with E-state index in [1.807, 2.05) is 12.6 Å². The SMILES string of the molecule is CNCC(C)N(C)Cc1cscn1. The molecule has 1 heterocycles. The van der Waals surface area contributed by atoms with Crippen LogP contribution in [0.3, 0.4) is 0 Å². The van der Waals surface area contributed by atoms with E-state index in [-0.39, 0.29) is 0 Å². The third-order valence-corrected chi connectivity index (χ3v) is 2.78. The second-order valence-electron chi connectivity index (χ2n) is 3.30. The van der Waals surface area contributed by atoms with Crippen LogP contribution in [0, 0.1) is 0 Å². The summed E-state index contributed by atoms with van der Waals surface area (Å²) in [6, 6.07) is 0.548. The summed E-state index contributed by atoms with van der Waals surface area (Å²) in [6.07, 6.45) is 0. The molecule has 74 valence electrons. The first-order valence-corrected chi connectivity index (χ1v) is 5.40.